The van der Waals surface area contributed by atoms with Crippen molar-refractivity contribution in [1.29, 1.82) is 0 Å². The van der Waals surface area contributed by atoms with Crippen LogP contribution in [-0.4, -0.2) is 27.6 Å². The summed E-state index contributed by atoms with van der Waals surface area (Å²) in [6.07, 6.45) is -4.71. The van der Waals surface area contributed by atoms with Crippen molar-refractivity contribution in [3.05, 3.63) is 40.0 Å². The summed E-state index contributed by atoms with van der Waals surface area (Å²) in [5.74, 6) is -1.72. The zero-order chi connectivity index (χ0) is 17.2. The minimum atomic E-state index is -4.71. The monoisotopic (exact) mass is 365 g/mol. The predicted molar refractivity (Wildman–Crippen MR) is 78.6 cm³/mol. The number of alkyl halides is 3. The van der Waals surface area contributed by atoms with Gasteiger partial charge >= 0.3 is 12.1 Å². The first-order valence-corrected chi connectivity index (χ1v) is 6.80. The Bertz CT molecular complexity index is 754. The maximum Gasteiger partial charge on any atom is 0.433 e. The third-order valence-corrected chi connectivity index (χ3v) is 3.37. The summed E-state index contributed by atoms with van der Waals surface area (Å²) in [5, 5.41) is 11.2. The Hall–Kier alpha value is -2.06. The number of benzene rings is 1. The number of hydrogen-bond donors (Lipinski definition) is 2. The van der Waals surface area contributed by atoms with Gasteiger partial charge in [-0.1, -0.05) is 29.3 Å². The molecule has 1 aromatic heterocycles. The molecule has 1 aromatic carbocycles. The number of nitrogens with one attached hydrogen (secondary N) is 1. The van der Waals surface area contributed by atoms with Crippen LogP contribution in [0.5, 0.6) is 0 Å². The molecule has 1 heterocycles. The largest absolute Gasteiger partial charge is 0.480 e. The van der Waals surface area contributed by atoms with Crippen LogP contribution < -0.4 is 5.32 Å². The van der Waals surface area contributed by atoms with E-state index in [0.29, 0.717) is 0 Å². The SMILES string of the molecule is O=C(O)CNc1nc(-c2ccc(Cl)c(Cl)c2)cc(C(F)(F)F)n1. The van der Waals surface area contributed by atoms with E-state index in [0.717, 1.165) is 6.07 Å². The first-order chi connectivity index (χ1) is 10.7. The Morgan fingerprint density at radius 3 is 2.43 bits per heavy atom. The first kappa shape index (κ1) is 17.3. The van der Waals surface area contributed by atoms with Gasteiger partial charge in [0.2, 0.25) is 5.95 Å². The van der Waals surface area contributed by atoms with Gasteiger partial charge in [0.25, 0.3) is 0 Å². The minimum Gasteiger partial charge on any atom is -0.480 e. The Balaban J connectivity index is 2.50. The zero-order valence-electron chi connectivity index (χ0n) is 11.2. The number of halogens is 5. The van der Waals surface area contributed by atoms with Crippen molar-refractivity contribution in [1.82, 2.24) is 9.97 Å². The highest BCUT2D eigenvalue weighted by atomic mass is 35.5. The van der Waals surface area contributed by atoms with E-state index in [2.05, 4.69) is 15.3 Å². The molecule has 0 fully saturated rings. The van der Waals surface area contributed by atoms with Crippen LogP contribution in [0, 0.1) is 0 Å². The number of carbonyl (C=O) groups is 1. The van der Waals surface area contributed by atoms with Gasteiger partial charge in [0.15, 0.2) is 5.69 Å². The van der Waals surface area contributed by atoms with Crippen LogP contribution in [0.25, 0.3) is 11.3 Å². The van der Waals surface area contributed by atoms with E-state index in [-0.39, 0.29) is 21.3 Å². The van der Waals surface area contributed by atoms with Crippen LogP contribution in [0.4, 0.5) is 19.1 Å². The van der Waals surface area contributed by atoms with Gasteiger partial charge in [-0.15, -0.1) is 0 Å². The Labute approximate surface area is 138 Å². The fraction of sp³-hybridized carbons (Fsp3) is 0.154. The van der Waals surface area contributed by atoms with Crippen molar-refractivity contribution in [2.45, 2.75) is 6.18 Å². The van der Waals surface area contributed by atoms with Gasteiger partial charge in [0.1, 0.15) is 6.54 Å². The molecular weight excluding hydrogens is 358 g/mol. The van der Waals surface area contributed by atoms with Gasteiger partial charge in [-0.2, -0.15) is 13.2 Å². The molecule has 122 valence electrons. The molecule has 0 atom stereocenters. The van der Waals surface area contributed by atoms with Crippen LogP contribution in [0.1, 0.15) is 5.69 Å². The molecule has 0 aliphatic rings. The second-order valence-corrected chi connectivity index (χ2v) is 5.15. The highest BCUT2D eigenvalue weighted by Crippen LogP contribution is 2.33. The van der Waals surface area contributed by atoms with Crippen molar-refractivity contribution in [2.24, 2.45) is 0 Å². The van der Waals surface area contributed by atoms with Crippen LogP contribution in [0.3, 0.4) is 0 Å². The summed E-state index contributed by atoms with van der Waals surface area (Å²) >= 11 is 11.6. The molecule has 0 bridgehead atoms. The molecule has 0 aliphatic heterocycles. The van der Waals surface area contributed by atoms with Gasteiger partial charge in [0.05, 0.1) is 15.7 Å². The standard InChI is InChI=1S/C13H8Cl2F3N3O2/c14-7-2-1-6(3-8(7)15)9-4-10(13(16,17)18)21-12(20-9)19-5-11(22)23/h1-4H,5H2,(H,22,23)(H,19,20,21). The Kier molecular flexibility index (Phi) is 4.96. The summed E-state index contributed by atoms with van der Waals surface area (Å²) in [6.45, 7) is -0.623. The minimum absolute atomic E-state index is 0.0706. The molecular formula is C13H8Cl2F3N3O2. The molecule has 5 nitrogen and oxygen atoms in total. The maximum absolute atomic E-state index is 12.9. The Morgan fingerprint density at radius 2 is 1.87 bits per heavy atom. The van der Waals surface area contributed by atoms with Crippen molar-refractivity contribution >= 4 is 35.1 Å². The number of aliphatic carboxylic acids is 1. The van der Waals surface area contributed by atoms with E-state index in [1.165, 1.54) is 18.2 Å². The smallest absolute Gasteiger partial charge is 0.433 e. The number of anilines is 1. The zero-order valence-corrected chi connectivity index (χ0v) is 12.7. The van der Waals surface area contributed by atoms with Crippen molar-refractivity contribution < 1.29 is 23.1 Å². The lowest BCUT2D eigenvalue weighted by atomic mass is 10.1. The number of rotatable bonds is 4. The number of aromatic nitrogens is 2. The third kappa shape index (κ3) is 4.46. The van der Waals surface area contributed by atoms with Gasteiger partial charge < -0.3 is 10.4 Å². The van der Waals surface area contributed by atoms with Crippen LogP contribution in [-0.2, 0) is 11.0 Å². The van der Waals surface area contributed by atoms with Gasteiger partial charge in [-0.05, 0) is 18.2 Å². The average Bonchev–Trinajstić information content (AvgIpc) is 2.46. The fourth-order valence-corrected chi connectivity index (χ4v) is 1.93. The van der Waals surface area contributed by atoms with Crippen molar-refractivity contribution in [3.63, 3.8) is 0 Å². The van der Waals surface area contributed by atoms with Gasteiger partial charge in [0, 0.05) is 5.56 Å². The van der Waals surface area contributed by atoms with Gasteiger partial charge in [-0.3, -0.25) is 4.79 Å². The molecule has 0 radical (unpaired) electrons. The molecule has 2 N–H and O–H groups in total. The van der Waals surface area contributed by atoms with Crippen molar-refractivity contribution in [2.75, 3.05) is 11.9 Å². The summed E-state index contributed by atoms with van der Waals surface area (Å²) in [7, 11) is 0. The highest BCUT2D eigenvalue weighted by Gasteiger charge is 2.34. The first-order valence-electron chi connectivity index (χ1n) is 6.04. The van der Waals surface area contributed by atoms with E-state index in [4.69, 9.17) is 28.3 Å². The molecule has 0 aliphatic carbocycles. The topological polar surface area (TPSA) is 75.1 Å². The van der Waals surface area contributed by atoms with E-state index in [1.54, 1.807) is 0 Å². The molecule has 0 saturated carbocycles. The van der Waals surface area contributed by atoms with E-state index in [9.17, 15) is 18.0 Å². The third-order valence-electron chi connectivity index (χ3n) is 2.63. The molecule has 2 aromatic rings. The molecule has 0 spiro atoms. The predicted octanol–water partition coefficient (Wildman–Crippen LogP) is 3.97. The quantitative estimate of drug-likeness (QED) is 0.857. The Morgan fingerprint density at radius 1 is 1.17 bits per heavy atom. The maximum atomic E-state index is 12.9. The molecule has 0 amide bonds. The lowest BCUT2D eigenvalue weighted by Crippen LogP contribution is -2.17. The number of carboxylic acid groups (broad SMARTS) is 1. The molecule has 0 saturated heterocycles. The molecule has 10 heteroatoms. The summed E-state index contributed by atoms with van der Waals surface area (Å²) < 4.78 is 38.8. The average molecular weight is 366 g/mol. The van der Waals surface area contributed by atoms with Crippen LogP contribution in [0.2, 0.25) is 10.0 Å². The molecule has 2 rings (SSSR count). The van der Waals surface area contributed by atoms with Crippen LogP contribution in [0.15, 0.2) is 24.3 Å². The second-order valence-electron chi connectivity index (χ2n) is 4.34. The van der Waals surface area contributed by atoms with Crippen molar-refractivity contribution in [3.8, 4) is 11.3 Å². The van der Waals surface area contributed by atoms with E-state index in [1.807, 2.05) is 0 Å². The molecule has 0 unspecified atom stereocenters. The lowest BCUT2D eigenvalue weighted by Gasteiger charge is -2.11. The number of carboxylic acids is 1. The second kappa shape index (κ2) is 6.59. The summed E-state index contributed by atoms with van der Waals surface area (Å²) in [5.41, 5.74) is -0.995. The summed E-state index contributed by atoms with van der Waals surface area (Å²) in [6, 6.07) is 4.95. The summed E-state index contributed by atoms with van der Waals surface area (Å²) in [4.78, 5) is 17.7. The number of nitrogens with zero attached hydrogens (tertiary/aromatic N) is 2. The normalized spacial score (nSPS) is 11.3. The van der Waals surface area contributed by atoms with E-state index >= 15 is 0 Å². The highest BCUT2D eigenvalue weighted by molar-refractivity contribution is 6.42. The lowest BCUT2D eigenvalue weighted by molar-refractivity contribution is -0.141. The van der Waals surface area contributed by atoms with Gasteiger partial charge in [-0.25, -0.2) is 9.97 Å². The fourth-order valence-electron chi connectivity index (χ4n) is 1.63. The van der Waals surface area contributed by atoms with E-state index < -0.39 is 30.3 Å². The van der Waals surface area contributed by atoms with Crippen LogP contribution >= 0.6 is 23.2 Å². The molecule has 23 heavy (non-hydrogen) atoms. The number of hydrogen-bond acceptors (Lipinski definition) is 4.